The summed E-state index contributed by atoms with van der Waals surface area (Å²) in [7, 11) is 0. The minimum Gasteiger partial charge on any atom is -0.396 e. The third-order valence-electron chi connectivity index (χ3n) is 3.77. The molecule has 6 heteroatoms. The SMILES string of the molecule is O=C(NCCC(CCO)c1ccsc1)C(=O)NCc1ccccc1. The van der Waals surface area contributed by atoms with Crippen molar-refractivity contribution >= 4 is 23.2 Å². The first kappa shape index (κ1) is 18.2. The van der Waals surface area contributed by atoms with Crippen LogP contribution in [0.2, 0.25) is 0 Å². The van der Waals surface area contributed by atoms with E-state index in [1.165, 1.54) is 0 Å². The minimum atomic E-state index is -0.631. The lowest BCUT2D eigenvalue weighted by molar-refractivity contribution is -0.139. The second kappa shape index (κ2) is 9.85. The number of aliphatic hydroxyl groups is 1. The lowest BCUT2D eigenvalue weighted by Crippen LogP contribution is -2.40. The van der Waals surface area contributed by atoms with Gasteiger partial charge in [-0.15, -0.1) is 0 Å². The van der Waals surface area contributed by atoms with E-state index in [0.29, 0.717) is 25.9 Å². The van der Waals surface area contributed by atoms with Gasteiger partial charge in [-0.1, -0.05) is 30.3 Å². The fraction of sp³-hybridized carbons (Fsp3) is 0.333. The molecule has 2 amide bonds. The Morgan fingerprint density at radius 3 is 2.46 bits per heavy atom. The summed E-state index contributed by atoms with van der Waals surface area (Å²) in [6, 6.07) is 11.5. The zero-order valence-electron chi connectivity index (χ0n) is 13.4. The zero-order chi connectivity index (χ0) is 17.2. The molecule has 3 N–H and O–H groups in total. The molecule has 2 aromatic rings. The van der Waals surface area contributed by atoms with Crippen molar-refractivity contribution in [1.82, 2.24) is 10.6 Å². The largest absolute Gasteiger partial charge is 0.396 e. The maximum atomic E-state index is 11.8. The van der Waals surface area contributed by atoms with E-state index >= 15 is 0 Å². The van der Waals surface area contributed by atoms with Crippen LogP contribution >= 0.6 is 11.3 Å². The molecular weight excluding hydrogens is 324 g/mol. The number of hydrogen-bond acceptors (Lipinski definition) is 4. The number of aliphatic hydroxyl groups excluding tert-OH is 1. The quantitative estimate of drug-likeness (QED) is 0.640. The first-order valence-corrected chi connectivity index (χ1v) is 8.88. The molecule has 0 radical (unpaired) electrons. The van der Waals surface area contributed by atoms with Gasteiger partial charge in [-0.25, -0.2) is 0 Å². The Morgan fingerprint density at radius 1 is 1.04 bits per heavy atom. The fourth-order valence-corrected chi connectivity index (χ4v) is 3.18. The van der Waals surface area contributed by atoms with Crippen molar-refractivity contribution in [3.05, 3.63) is 58.3 Å². The predicted molar refractivity (Wildman–Crippen MR) is 94.7 cm³/mol. The van der Waals surface area contributed by atoms with Crippen LogP contribution in [0.1, 0.15) is 29.9 Å². The number of carbonyl (C=O) groups excluding carboxylic acids is 2. The summed E-state index contributed by atoms with van der Waals surface area (Å²) in [5, 5.41) is 18.4. The van der Waals surface area contributed by atoms with Gasteiger partial charge in [-0.05, 0) is 46.7 Å². The molecule has 1 aromatic carbocycles. The van der Waals surface area contributed by atoms with E-state index in [0.717, 1.165) is 11.1 Å². The van der Waals surface area contributed by atoms with Crippen molar-refractivity contribution in [2.75, 3.05) is 13.2 Å². The third-order valence-corrected chi connectivity index (χ3v) is 4.47. The Morgan fingerprint density at radius 2 is 1.79 bits per heavy atom. The molecule has 1 aromatic heterocycles. The zero-order valence-corrected chi connectivity index (χ0v) is 14.2. The van der Waals surface area contributed by atoms with Crippen LogP contribution in [0.25, 0.3) is 0 Å². The Balaban J connectivity index is 1.72. The van der Waals surface area contributed by atoms with E-state index < -0.39 is 11.8 Å². The molecule has 0 saturated heterocycles. The van der Waals surface area contributed by atoms with Gasteiger partial charge in [0.1, 0.15) is 0 Å². The first-order chi connectivity index (χ1) is 11.7. The standard InChI is InChI=1S/C18H22N2O3S/c21-10-7-15(16-8-11-24-13-16)6-9-19-17(22)18(23)20-12-14-4-2-1-3-5-14/h1-5,8,11,13,15,21H,6-7,9-10,12H2,(H,19,22)(H,20,23). The number of benzene rings is 1. The molecule has 0 bridgehead atoms. The molecule has 1 unspecified atom stereocenters. The van der Waals surface area contributed by atoms with Gasteiger partial charge in [0.25, 0.3) is 0 Å². The van der Waals surface area contributed by atoms with Crippen molar-refractivity contribution in [2.24, 2.45) is 0 Å². The molecule has 2 rings (SSSR count). The van der Waals surface area contributed by atoms with Gasteiger partial charge in [-0.2, -0.15) is 11.3 Å². The number of thiophene rings is 1. The Bertz CT molecular complexity index is 629. The van der Waals surface area contributed by atoms with Crippen LogP contribution in [-0.2, 0) is 16.1 Å². The molecule has 0 aliphatic rings. The van der Waals surface area contributed by atoms with Crippen LogP contribution in [0.5, 0.6) is 0 Å². The van der Waals surface area contributed by atoms with Crippen molar-refractivity contribution in [2.45, 2.75) is 25.3 Å². The lowest BCUT2D eigenvalue weighted by Gasteiger charge is -2.15. The summed E-state index contributed by atoms with van der Waals surface area (Å²) in [5.41, 5.74) is 2.11. The summed E-state index contributed by atoms with van der Waals surface area (Å²) in [6.45, 7) is 0.833. The molecule has 1 atom stereocenters. The topological polar surface area (TPSA) is 78.4 Å². The summed E-state index contributed by atoms with van der Waals surface area (Å²) in [4.78, 5) is 23.6. The molecule has 128 valence electrons. The minimum absolute atomic E-state index is 0.103. The summed E-state index contributed by atoms with van der Waals surface area (Å²) < 4.78 is 0. The van der Waals surface area contributed by atoms with E-state index in [9.17, 15) is 9.59 Å². The van der Waals surface area contributed by atoms with Crippen molar-refractivity contribution in [3.63, 3.8) is 0 Å². The molecule has 0 aliphatic carbocycles. The van der Waals surface area contributed by atoms with Gasteiger partial charge in [0.15, 0.2) is 0 Å². The van der Waals surface area contributed by atoms with Gasteiger partial charge in [0.2, 0.25) is 0 Å². The second-order valence-corrected chi connectivity index (χ2v) is 6.26. The highest BCUT2D eigenvalue weighted by atomic mass is 32.1. The first-order valence-electron chi connectivity index (χ1n) is 7.93. The number of nitrogens with one attached hydrogen (secondary N) is 2. The maximum absolute atomic E-state index is 11.8. The van der Waals surface area contributed by atoms with Crippen LogP contribution < -0.4 is 10.6 Å². The summed E-state index contributed by atoms with van der Waals surface area (Å²) in [6.07, 6.45) is 1.34. The van der Waals surface area contributed by atoms with Crippen LogP contribution in [0, 0.1) is 0 Å². The number of amides is 2. The highest BCUT2D eigenvalue weighted by Crippen LogP contribution is 2.24. The van der Waals surface area contributed by atoms with E-state index in [1.54, 1.807) is 11.3 Å². The number of carbonyl (C=O) groups is 2. The molecular formula is C18H22N2O3S. The molecule has 5 nitrogen and oxygen atoms in total. The van der Waals surface area contributed by atoms with Gasteiger partial charge < -0.3 is 15.7 Å². The highest BCUT2D eigenvalue weighted by molar-refractivity contribution is 7.07. The van der Waals surface area contributed by atoms with Gasteiger partial charge in [0, 0.05) is 19.7 Å². The lowest BCUT2D eigenvalue weighted by atomic mass is 9.95. The van der Waals surface area contributed by atoms with Crippen molar-refractivity contribution < 1.29 is 14.7 Å². The molecule has 0 aliphatic heterocycles. The van der Waals surface area contributed by atoms with E-state index in [2.05, 4.69) is 16.0 Å². The summed E-state index contributed by atoms with van der Waals surface area (Å²) in [5.74, 6) is -1.07. The average Bonchev–Trinajstić information content (AvgIpc) is 3.14. The van der Waals surface area contributed by atoms with Crippen LogP contribution in [0.3, 0.4) is 0 Å². The normalized spacial score (nSPS) is 11.7. The van der Waals surface area contributed by atoms with Gasteiger partial charge in [0.05, 0.1) is 0 Å². The van der Waals surface area contributed by atoms with Crippen LogP contribution in [0.15, 0.2) is 47.2 Å². The number of rotatable bonds is 8. The molecule has 1 heterocycles. The monoisotopic (exact) mass is 346 g/mol. The Kier molecular flexibility index (Phi) is 7.45. The van der Waals surface area contributed by atoms with Gasteiger partial charge in [-0.3, -0.25) is 9.59 Å². The third kappa shape index (κ3) is 5.79. The molecule has 0 spiro atoms. The van der Waals surface area contributed by atoms with E-state index in [-0.39, 0.29) is 12.5 Å². The van der Waals surface area contributed by atoms with Gasteiger partial charge >= 0.3 is 11.8 Å². The Labute approximate surface area is 145 Å². The molecule has 0 fully saturated rings. The van der Waals surface area contributed by atoms with Crippen molar-refractivity contribution in [3.8, 4) is 0 Å². The Hall–Kier alpha value is -2.18. The predicted octanol–water partition coefficient (Wildman–Crippen LogP) is 2.04. The van der Waals surface area contributed by atoms with Crippen LogP contribution in [0.4, 0.5) is 0 Å². The number of hydrogen-bond donors (Lipinski definition) is 3. The van der Waals surface area contributed by atoms with E-state index in [1.807, 2.05) is 41.8 Å². The fourth-order valence-electron chi connectivity index (χ4n) is 2.44. The maximum Gasteiger partial charge on any atom is 0.309 e. The molecule has 24 heavy (non-hydrogen) atoms. The second-order valence-electron chi connectivity index (χ2n) is 5.48. The summed E-state index contributed by atoms with van der Waals surface area (Å²) >= 11 is 1.61. The molecule has 0 saturated carbocycles. The van der Waals surface area contributed by atoms with Crippen LogP contribution in [-0.4, -0.2) is 30.1 Å². The highest BCUT2D eigenvalue weighted by Gasteiger charge is 2.15. The van der Waals surface area contributed by atoms with Crippen molar-refractivity contribution in [1.29, 1.82) is 0 Å². The smallest absolute Gasteiger partial charge is 0.309 e. The average molecular weight is 346 g/mol. The van der Waals surface area contributed by atoms with E-state index in [4.69, 9.17) is 5.11 Å².